The highest BCUT2D eigenvalue weighted by molar-refractivity contribution is 5.71. The van der Waals surface area contributed by atoms with Crippen molar-refractivity contribution in [2.45, 2.75) is 290 Å². The first-order valence-corrected chi connectivity index (χ1v) is 28.3. The van der Waals surface area contributed by atoms with Gasteiger partial charge in [0.25, 0.3) is 0 Å². The lowest BCUT2D eigenvalue weighted by molar-refractivity contribution is -0.166. The summed E-state index contributed by atoms with van der Waals surface area (Å²) in [4.78, 5) is 38.0. The zero-order valence-corrected chi connectivity index (χ0v) is 43.7. The lowest BCUT2D eigenvalue weighted by Gasteiger charge is -2.18. The summed E-state index contributed by atoms with van der Waals surface area (Å²) in [6.07, 6.45) is 68.0. The van der Waals surface area contributed by atoms with Crippen molar-refractivity contribution in [2.75, 3.05) is 13.2 Å². The summed E-state index contributed by atoms with van der Waals surface area (Å²) < 4.78 is 16.7. The van der Waals surface area contributed by atoms with Crippen molar-refractivity contribution in [1.82, 2.24) is 0 Å². The summed E-state index contributed by atoms with van der Waals surface area (Å²) in [7, 11) is 0. The predicted octanol–water partition coefficient (Wildman–Crippen LogP) is 18.8. The van der Waals surface area contributed by atoms with Gasteiger partial charge in [-0.05, 0) is 70.6 Å². The molecule has 0 rings (SSSR count). The minimum Gasteiger partial charge on any atom is -0.462 e. The van der Waals surface area contributed by atoms with Crippen LogP contribution < -0.4 is 0 Å². The maximum Gasteiger partial charge on any atom is 0.306 e. The number of hydrogen-bond acceptors (Lipinski definition) is 6. The highest BCUT2D eigenvalue weighted by atomic mass is 16.6. The van der Waals surface area contributed by atoms with Gasteiger partial charge in [-0.2, -0.15) is 0 Å². The molecule has 6 nitrogen and oxygen atoms in total. The van der Waals surface area contributed by atoms with E-state index in [4.69, 9.17) is 14.2 Å². The number of allylic oxidation sites excluding steroid dienone is 10. The number of carbonyl (C=O) groups excluding carboxylic acids is 3. The van der Waals surface area contributed by atoms with Crippen molar-refractivity contribution in [1.29, 1.82) is 0 Å². The van der Waals surface area contributed by atoms with Gasteiger partial charge in [-0.1, -0.05) is 255 Å². The normalized spacial score (nSPS) is 12.5. The van der Waals surface area contributed by atoms with Crippen LogP contribution in [0, 0.1) is 0 Å². The van der Waals surface area contributed by atoms with Crippen LogP contribution in [0.1, 0.15) is 284 Å². The molecule has 0 N–H and O–H groups in total. The number of ether oxygens (including phenoxy) is 3. The van der Waals surface area contributed by atoms with Crippen molar-refractivity contribution >= 4 is 17.9 Å². The van der Waals surface area contributed by atoms with E-state index in [2.05, 4.69) is 75.5 Å². The minimum atomic E-state index is -0.821. The standard InChI is InChI=1S/C60H106O6/c1-4-7-10-13-16-19-22-25-27-29-31-32-35-38-41-44-47-50-53-59(62)65-56-57(55-64-58(61)52-49-46-43-40-37-34-24-21-18-15-12-9-6-3)66-60(63)54-51-48-45-42-39-36-33-30-28-26-23-20-17-14-11-8-5-2/h26,28,33-34,36-37,42-43,45-46,57H,4-25,27,29-32,35,38-41,44,47-56H2,1-3H3/b28-26-,36-33-,37-34-,45-42-,46-43-. The van der Waals surface area contributed by atoms with Gasteiger partial charge in [0.2, 0.25) is 0 Å². The highest BCUT2D eigenvalue weighted by Crippen LogP contribution is 2.16. The Morgan fingerprint density at radius 2 is 0.591 bits per heavy atom. The van der Waals surface area contributed by atoms with Gasteiger partial charge in [-0.25, -0.2) is 0 Å². The summed E-state index contributed by atoms with van der Waals surface area (Å²) in [6.45, 7) is 6.56. The number of unbranched alkanes of at least 4 members (excludes halogenated alkanes) is 30. The number of hydrogen-bond donors (Lipinski definition) is 0. The molecular weight excluding hydrogens is 817 g/mol. The number of esters is 3. The molecule has 0 fully saturated rings. The van der Waals surface area contributed by atoms with Crippen LogP contribution in [-0.2, 0) is 28.6 Å². The fraction of sp³-hybridized carbons (Fsp3) is 0.783. The third-order valence-electron chi connectivity index (χ3n) is 12.3. The molecule has 0 amide bonds. The van der Waals surface area contributed by atoms with E-state index < -0.39 is 6.10 Å². The van der Waals surface area contributed by atoms with Gasteiger partial charge >= 0.3 is 17.9 Å². The second kappa shape index (κ2) is 54.7. The summed E-state index contributed by atoms with van der Waals surface area (Å²) in [5.41, 5.74) is 0. The van der Waals surface area contributed by atoms with Crippen LogP contribution in [0.3, 0.4) is 0 Å². The van der Waals surface area contributed by atoms with Crippen molar-refractivity contribution < 1.29 is 28.6 Å². The van der Waals surface area contributed by atoms with Crippen LogP contribution in [0.25, 0.3) is 0 Å². The van der Waals surface area contributed by atoms with E-state index in [1.54, 1.807) is 0 Å². The van der Waals surface area contributed by atoms with Gasteiger partial charge in [0, 0.05) is 19.3 Å². The van der Waals surface area contributed by atoms with Crippen LogP contribution >= 0.6 is 0 Å². The Morgan fingerprint density at radius 1 is 0.303 bits per heavy atom. The van der Waals surface area contributed by atoms with Crippen molar-refractivity contribution in [3.05, 3.63) is 60.8 Å². The second-order valence-electron chi connectivity index (χ2n) is 18.8. The van der Waals surface area contributed by atoms with E-state index in [0.29, 0.717) is 19.3 Å². The SMILES string of the molecule is CCCCCCCC/C=C\C/C=C\C/C=C\CCCC(=O)OC(COC(=O)CC/C=C\C/C=C\CCCCCCCC)COC(=O)CCCCCCCCCCCCCCCCCCCC. The summed E-state index contributed by atoms with van der Waals surface area (Å²) in [6, 6.07) is 0. The highest BCUT2D eigenvalue weighted by Gasteiger charge is 2.19. The molecular formula is C60H106O6. The first-order valence-electron chi connectivity index (χ1n) is 28.3. The largest absolute Gasteiger partial charge is 0.462 e. The molecule has 0 aromatic heterocycles. The molecule has 0 aliphatic rings. The molecule has 0 radical (unpaired) electrons. The van der Waals surface area contributed by atoms with Crippen LogP contribution in [0.5, 0.6) is 0 Å². The zero-order chi connectivity index (χ0) is 47.9. The number of carbonyl (C=O) groups is 3. The lowest BCUT2D eigenvalue weighted by atomic mass is 10.0. The molecule has 0 saturated carbocycles. The van der Waals surface area contributed by atoms with Gasteiger partial charge in [0.1, 0.15) is 13.2 Å². The fourth-order valence-electron chi connectivity index (χ4n) is 7.98. The first kappa shape index (κ1) is 63.1. The molecule has 0 bridgehead atoms. The van der Waals surface area contributed by atoms with Crippen molar-refractivity contribution in [3.8, 4) is 0 Å². The maximum absolute atomic E-state index is 12.8. The second-order valence-corrected chi connectivity index (χ2v) is 18.8. The van der Waals surface area contributed by atoms with Crippen LogP contribution in [0.15, 0.2) is 60.8 Å². The molecule has 0 aliphatic heterocycles. The Bertz CT molecular complexity index is 1200. The first-order chi connectivity index (χ1) is 32.5. The van der Waals surface area contributed by atoms with Gasteiger partial charge in [-0.15, -0.1) is 0 Å². The van der Waals surface area contributed by atoms with E-state index >= 15 is 0 Å². The molecule has 0 aromatic rings. The predicted molar refractivity (Wildman–Crippen MR) is 284 cm³/mol. The van der Waals surface area contributed by atoms with Gasteiger partial charge in [0.15, 0.2) is 6.10 Å². The van der Waals surface area contributed by atoms with Crippen molar-refractivity contribution in [2.24, 2.45) is 0 Å². The molecule has 0 aliphatic carbocycles. The molecule has 6 heteroatoms. The Labute approximate surface area is 409 Å². The van der Waals surface area contributed by atoms with E-state index in [1.807, 2.05) is 6.08 Å². The lowest BCUT2D eigenvalue weighted by Crippen LogP contribution is -2.30. The summed E-state index contributed by atoms with van der Waals surface area (Å²) in [5.74, 6) is -1.02. The Hall–Kier alpha value is -2.89. The molecule has 1 atom stereocenters. The van der Waals surface area contributed by atoms with E-state index in [-0.39, 0.29) is 44.0 Å². The average molecular weight is 924 g/mol. The minimum absolute atomic E-state index is 0.109. The van der Waals surface area contributed by atoms with E-state index in [1.165, 1.54) is 180 Å². The quantitative estimate of drug-likeness (QED) is 0.0262. The molecule has 0 saturated heterocycles. The van der Waals surface area contributed by atoms with Gasteiger partial charge in [0.05, 0.1) is 0 Å². The van der Waals surface area contributed by atoms with Crippen LogP contribution in [0.4, 0.5) is 0 Å². The average Bonchev–Trinajstić information content (AvgIpc) is 3.31. The summed E-state index contributed by atoms with van der Waals surface area (Å²) >= 11 is 0. The third-order valence-corrected chi connectivity index (χ3v) is 12.3. The molecule has 1 unspecified atom stereocenters. The maximum atomic E-state index is 12.8. The Morgan fingerprint density at radius 3 is 0.985 bits per heavy atom. The molecule has 0 heterocycles. The van der Waals surface area contributed by atoms with Crippen LogP contribution in [-0.4, -0.2) is 37.2 Å². The topological polar surface area (TPSA) is 78.9 Å². The monoisotopic (exact) mass is 923 g/mol. The molecule has 0 aromatic carbocycles. The fourth-order valence-corrected chi connectivity index (χ4v) is 7.98. The van der Waals surface area contributed by atoms with Gasteiger partial charge < -0.3 is 14.2 Å². The van der Waals surface area contributed by atoms with Crippen molar-refractivity contribution in [3.63, 3.8) is 0 Å². The van der Waals surface area contributed by atoms with Gasteiger partial charge in [-0.3, -0.25) is 14.4 Å². The number of rotatable bonds is 51. The Balaban J connectivity index is 4.46. The molecule has 0 spiro atoms. The third kappa shape index (κ3) is 52.1. The molecule has 66 heavy (non-hydrogen) atoms. The Kier molecular flexibility index (Phi) is 52.3. The van der Waals surface area contributed by atoms with E-state index in [0.717, 1.165) is 51.4 Å². The van der Waals surface area contributed by atoms with Crippen LogP contribution in [0.2, 0.25) is 0 Å². The molecule has 382 valence electrons. The smallest absolute Gasteiger partial charge is 0.306 e. The summed E-state index contributed by atoms with van der Waals surface area (Å²) in [5, 5.41) is 0. The van der Waals surface area contributed by atoms with E-state index in [9.17, 15) is 14.4 Å². The zero-order valence-electron chi connectivity index (χ0n) is 43.7.